The number of ether oxygens (including phenoxy) is 1. The molecular weight excluding hydrogens is 364 g/mol. The van der Waals surface area contributed by atoms with Gasteiger partial charge in [0.2, 0.25) is 0 Å². The average molecular weight is 397 g/mol. The molecule has 29 heavy (non-hydrogen) atoms. The fraction of sp³-hybridized carbons (Fsp3) is 0.565. The molecule has 2 aromatic rings. The molecule has 6 heteroatoms. The van der Waals surface area contributed by atoms with Crippen LogP contribution in [0.2, 0.25) is 0 Å². The van der Waals surface area contributed by atoms with E-state index in [0.29, 0.717) is 12.2 Å². The van der Waals surface area contributed by atoms with Crippen LogP contribution >= 0.6 is 0 Å². The summed E-state index contributed by atoms with van der Waals surface area (Å²) < 4.78 is 7.57. The van der Waals surface area contributed by atoms with E-state index < -0.39 is 0 Å². The molecule has 4 rings (SSSR count). The number of hydrogen-bond donors (Lipinski definition) is 1. The van der Waals surface area contributed by atoms with Crippen LogP contribution in [0.1, 0.15) is 72.1 Å². The van der Waals surface area contributed by atoms with Crippen molar-refractivity contribution >= 4 is 5.91 Å². The van der Waals surface area contributed by atoms with E-state index in [9.17, 15) is 4.79 Å². The summed E-state index contributed by atoms with van der Waals surface area (Å²) in [6, 6.07) is 8.44. The molecule has 0 radical (unpaired) electrons. The van der Waals surface area contributed by atoms with Crippen molar-refractivity contribution in [2.24, 2.45) is 7.05 Å². The Labute approximate surface area is 173 Å². The molecule has 1 saturated heterocycles. The van der Waals surface area contributed by atoms with Gasteiger partial charge >= 0.3 is 0 Å². The van der Waals surface area contributed by atoms with Gasteiger partial charge in [-0.15, -0.1) is 0 Å². The number of carbonyl (C=O) groups is 1. The average Bonchev–Trinajstić information content (AvgIpc) is 3.04. The molecule has 1 N–H and O–H groups in total. The third-order valence-corrected chi connectivity index (χ3v) is 6.10. The Kier molecular flexibility index (Phi) is 6.01. The first kappa shape index (κ1) is 20.1. The number of nitrogens with zero attached hydrogens (tertiary/aromatic N) is 3. The molecule has 0 bridgehead atoms. The Morgan fingerprint density at radius 3 is 2.66 bits per heavy atom. The van der Waals surface area contributed by atoms with Crippen LogP contribution in [-0.2, 0) is 31.3 Å². The third-order valence-electron chi connectivity index (χ3n) is 6.10. The minimum atomic E-state index is -0.0771. The van der Waals surface area contributed by atoms with E-state index in [0.717, 1.165) is 24.2 Å². The standard InChI is InChI=1S/C23H32N4O2/c1-16-13-20-21(17(2)29-16)25-26(3)22(20)23(28)24-14-18-9-5-6-10-19(18)15-27-11-7-4-8-12-27/h5-6,9-10,16-17H,4,7-8,11-15H2,1-3H3,(H,24,28)/t16-,17+/m1/s1. The number of hydrogen-bond acceptors (Lipinski definition) is 4. The fourth-order valence-corrected chi connectivity index (χ4v) is 4.65. The van der Waals surface area contributed by atoms with Crippen molar-refractivity contribution in [1.82, 2.24) is 20.0 Å². The van der Waals surface area contributed by atoms with Gasteiger partial charge in [0.15, 0.2) is 0 Å². The van der Waals surface area contributed by atoms with Crippen LogP contribution in [0.3, 0.4) is 0 Å². The Morgan fingerprint density at radius 1 is 1.17 bits per heavy atom. The van der Waals surface area contributed by atoms with Crippen LogP contribution in [0, 0.1) is 0 Å². The molecular formula is C23H32N4O2. The van der Waals surface area contributed by atoms with Gasteiger partial charge in [0.1, 0.15) is 5.69 Å². The van der Waals surface area contributed by atoms with Gasteiger partial charge in [-0.1, -0.05) is 30.7 Å². The second-order valence-corrected chi connectivity index (χ2v) is 8.42. The monoisotopic (exact) mass is 396 g/mol. The lowest BCUT2D eigenvalue weighted by Crippen LogP contribution is -2.31. The molecule has 1 fully saturated rings. The second kappa shape index (κ2) is 8.67. The summed E-state index contributed by atoms with van der Waals surface area (Å²) in [6.45, 7) is 7.87. The number of nitrogens with one attached hydrogen (secondary N) is 1. The summed E-state index contributed by atoms with van der Waals surface area (Å²) in [5.74, 6) is -0.0599. The lowest BCUT2D eigenvalue weighted by Gasteiger charge is -2.27. The Balaban J connectivity index is 1.47. The van der Waals surface area contributed by atoms with E-state index in [4.69, 9.17) is 4.74 Å². The first-order chi connectivity index (χ1) is 14.0. The summed E-state index contributed by atoms with van der Waals surface area (Å²) in [7, 11) is 1.84. The van der Waals surface area contributed by atoms with Gasteiger partial charge in [0.05, 0.1) is 17.9 Å². The number of piperidine rings is 1. The van der Waals surface area contributed by atoms with Crippen LogP contribution < -0.4 is 5.32 Å². The number of aryl methyl sites for hydroxylation is 1. The zero-order valence-electron chi connectivity index (χ0n) is 17.8. The number of amides is 1. The Bertz CT molecular complexity index is 870. The second-order valence-electron chi connectivity index (χ2n) is 8.42. The van der Waals surface area contributed by atoms with Crippen molar-refractivity contribution in [3.8, 4) is 0 Å². The van der Waals surface area contributed by atoms with E-state index in [1.807, 2.05) is 27.0 Å². The summed E-state index contributed by atoms with van der Waals surface area (Å²) in [5, 5.41) is 7.70. The molecule has 2 atom stereocenters. The van der Waals surface area contributed by atoms with E-state index in [1.165, 1.54) is 43.5 Å². The molecule has 2 aliphatic rings. The predicted octanol–water partition coefficient (Wildman–Crippen LogP) is 3.36. The maximum atomic E-state index is 13.1. The van der Waals surface area contributed by atoms with Crippen molar-refractivity contribution in [3.63, 3.8) is 0 Å². The SMILES string of the molecule is C[C@@H]1Cc2c(nn(C)c2C(=O)NCc2ccccc2CN2CCCCC2)[C@H](C)O1. The van der Waals surface area contributed by atoms with Gasteiger partial charge in [-0.3, -0.25) is 14.4 Å². The number of likely N-dealkylation sites (tertiary alicyclic amines) is 1. The topological polar surface area (TPSA) is 59.4 Å². The number of carbonyl (C=O) groups excluding carboxylic acids is 1. The minimum Gasteiger partial charge on any atom is -0.369 e. The molecule has 156 valence electrons. The van der Waals surface area contributed by atoms with Crippen LogP contribution in [0.4, 0.5) is 0 Å². The highest BCUT2D eigenvalue weighted by Crippen LogP contribution is 2.31. The van der Waals surface area contributed by atoms with Gasteiger partial charge in [-0.05, 0) is 50.9 Å². The normalized spacial score (nSPS) is 22.3. The van der Waals surface area contributed by atoms with E-state index >= 15 is 0 Å². The molecule has 1 aromatic heterocycles. The first-order valence-corrected chi connectivity index (χ1v) is 10.8. The Hall–Kier alpha value is -2.18. The number of benzene rings is 1. The molecule has 0 saturated carbocycles. The molecule has 1 amide bonds. The maximum absolute atomic E-state index is 13.1. The first-order valence-electron chi connectivity index (χ1n) is 10.8. The summed E-state index contributed by atoms with van der Waals surface area (Å²) >= 11 is 0. The Morgan fingerprint density at radius 2 is 1.90 bits per heavy atom. The zero-order chi connectivity index (χ0) is 20.4. The zero-order valence-corrected chi connectivity index (χ0v) is 17.8. The highest BCUT2D eigenvalue weighted by molar-refractivity contribution is 5.94. The third kappa shape index (κ3) is 4.38. The van der Waals surface area contributed by atoms with Crippen molar-refractivity contribution in [2.45, 2.75) is 64.8 Å². The summed E-state index contributed by atoms with van der Waals surface area (Å²) in [5.41, 5.74) is 5.07. The smallest absolute Gasteiger partial charge is 0.270 e. The van der Waals surface area contributed by atoms with Crippen molar-refractivity contribution < 1.29 is 9.53 Å². The maximum Gasteiger partial charge on any atom is 0.270 e. The van der Waals surface area contributed by atoms with Crippen LogP contribution in [-0.4, -0.2) is 39.8 Å². The molecule has 0 spiro atoms. The van der Waals surface area contributed by atoms with Crippen molar-refractivity contribution in [3.05, 3.63) is 52.3 Å². The van der Waals surface area contributed by atoms with Gasteiger partial charge in [-0.2, -0.15) is 5.10 Å². The quantitative estimate of drug-likeness (QED) is 0.842. The highest BCUT2D eigenvalue weighted by Gasteiger charge is 2.31. The van der Waals surface area contributed by atoms with E-state index in [2.05, 4.69) is 33.5 Å². The lowest BCUT2D eigenvalue weighted by molar-refractivity contribution is -0.00710. The molecule has 0 aliphatic carbocycles. The van der Waals surface area contributed by atoms with E-state index in [1.54, 1.807) is 4.68 Å². The molecule has 6 nitrogen and oxygen atoms in total. The van der Waals surface area contributed by atoms with Crippen molar-refractivity contribution in [1.29, 1.82) is 0 Å². The van der Waals surface area contributed by atoms with Crippen LogP contribution in [0.25, 0.3) is 0 Å². The summed E-state index contributed by atoms with van der Waals surface area (Å²) in [6.07, 6.45) is 4.65. The van der Waals surface area contributed by atoms with Gasteiger partial charge in [-0.25, -0.2) is 0 Å². The van der Waals surface area contributed by atoms with Gasteiger partial charge in [0.25, 0.3) is 5.91 Å². The van der Waals surface area contributed by atoms with Gasteiger partial charge < -0.3 is 10.1 Å². The van der Waals surface area contributed by atoms with Crippen LogP contribution in [0.5, 0.6) is 0 Å². The fourth-order valence-electron chi connectivity index (χ4n) is 4.65. The van der Waals surface area contributed by atoms with E-state index in [-0.39, 0.29) is 18.1 Å². The lowest BCUT2D eigenvalue weighted by atomic mass is 9.99. The molecule has 2 aliphatic heterocycles. The number of aromatic nitrogens is 2. The largest absolute Gasteiger partial charge is 0.369 e. The van der Waals surface area contributed by atoms with Crippen molar-refractivity contribution in [2.75, 3.05) is 13.1 Å². The molecule has 0 unspecified atom stereocenters. The minimum absolute atomic E-state index is 0.0599. The highest BCUT2D eigenvalue weighted by atomic mass is 16.5. The number of fused-ring (bicyclic) bond motifs is 1. The summed E-state index contributed by atoms with van der Waals surface area (Å²) in [4.78, 5) is 15.6. The molecule has 1 aromatic carbocycles. The number of rotatable bonds is 5. The predicted molar refractivity (Wildman–Crippen MR) is 113 cm³/mol. The molecule has 3 heterocycles. The van der Waals surface area contributed by atoms with Crippen LogP contribution in [0.15, 0.2) is 24.3 Å². The van der Waals surface area contributed by atoms with Gasteiger partial charge in [0, 0.05) is 32.1 Å².